The van der Waals surface area contributed by atoms with Gasteiger partial charge in [-0.15, -0.1) is 0 Å². The van der Waals surface area contributed by atoms with E-state index in [2.05, 4.69) is 31.8 Å². The minimum atomic E-state index is -0.129. The number of aromatic nitrogens is 1. The van der Waals surface area contributed by atoms with Gasteiger partial charge in [-0.05, 0) is 48.1 Å². The van der Waals surface area contributed by atoms with Crippen LogP contribution in [0.4, 0.5) is 0 Å². The van der Waals surface area contributed by atoms with Crippen LogP contribution < -0.4 is 5.73 Å². The van der Waals surface area contributed by atoms with Gasteiger partial charge in [0.05, 0.1) is 0 Å². The van der Waals surface area contributed by atoms with Gasteiger partial charge in [-0.2, -0.15) is 0 Å². The van der Waals surface area contributed by atoms with Gasteiger partial charge in [-0.3, -0.25) is 4.79 Å². The van der Waals surface area contributed by atoms with Crippen molar-refractivity contribution in [1.29, 1.82) is 0 Å². The Labute approximate surface area is 109 Å². The Kier molecular flexibility index (Phi) is 3.51. The average molecular weight is 248 g/mol. The van der Waals surface area contributed by atoms with E-state index in [4.69, 9.17) is 5.73 Å². The van der Waals surface area contributed by atoms with E-state index in [0.717, 1.165) is 19.3 Å². The maximum Gasteiger partial charge on any atom is 0.220 e. The molecule has 1 aromatic rings. The Morgan fingerprint density at radius 2 is 2.28 bits per heavy atom. The largest absolute Gasteiger partial charge is 0.369 e. The molecule has 1 aliphatic rings. The van der Waals surface area contributed by atoms with Crippen molar-refractivity contribution in [3.63, 3.8) is 0 Å². The van der Waals surface area contributed by atoms with Gasteiger partial charge >= 0.3 is 0 Å². The summed E-state index contributed by atoms with van der Waals surface area (Å²) in [6.45, 7) is 6.64. The molecule has 3 heteroatoms. The zero-order valence-corrected chi connectivity index (χ0v) is 11.6. The van der Waals surface area contributed by atoms with Crippen LogP contribution in [0.15, 0.2) is 18.5 Å². The fraction of sp³-hybridized carbons (Fsp3) is 0.667. The normalized spacial score (nSPS) is 32.7. The summed E-state index contributed by atoms with van der Waals surface area (Å²) in [7, 11) is 0. The molecule has 0 spiro atoms. The lowest BCUT2D eigenvalue weighted by Crippen LogP contribution is -2.42. The van der Waals surface area contributed by atoms with Crippen molar-refractivity contribution in [2.45, 2.75) is 45.4 Å². The van der Waals surface area contributed by atoms with E-state index in [-0.39, 0.29) is 17.2 Å². The van der Waals surface area contributed by atoms with Crippen molar-refractivity contribution in [3.05, 3.63) is 24.0 Å². The van der Waals surface area contributed by atoms with E-state index in [1.807, 2.05) is 12.4 Å². The molecule has 1 amide bonds. The number of nitrogens with one attached hydrogen (secondary N) is 1. The van der Waals surface area contributed by atoms with E-state index >= 15 is 0 Å². The predicted molar refractivity (Wildman–Crippen MR) is 73.0 cm³/mol. The Bertz CT molecular complexity index is 410. The van der Waals surface area contributed by atoms with Crippen molar-refractivity contribution in [2.75, 3.05) is 0 Å². The number of carbonyl (C=O) groups is 1. The molecule has 18 heavy (non-hydrogen) atoms. The van der Waals surface area contributed by atoms with Crippen LogP contribution in [0.2, 0.25) is 0 Å². The Hall–Kier alpha value is -1.25. The molecular weight excluding hydrogens is 224 g/mol. The summed E-state index contributed by atoms with van der Waals surface area (Å²) < 4.78 is 0. The van der Waals surface area contributed by atoms with Gasteiger partial charge in [0.15, 0.2) is 0 Å². The molecule has 1 aliphatic carbocycles. The minimum absolute atomic E-state index is 0.0126. The highest BCUT2D eigenvalue weighted by Crippen LogP contribution is 2.46. The van der Waals surface area contributed by atoms with Gasteiger partial charge < -0.3 is 10.7 Å². The molecule has 1 fully saturated rings. The molecule has 0 bridgehead atoms. The number of hydrogen-bond acceptors (Lipinski definition) is 1. The van der Waals surface area contributed by atoms with Gasteiger partial charge in [-0.25, -0.2) is 0 Å². The summed E-state index contributed by atoms with van der Waals surface area (Å²) in [5, 5.41) is 0. The van der Waals surface area contributed by atoms with Crippen LogP contribution in [-0.2, 0) is 10.2 Å². The van der Waals surface area contributed by atoms with Crippen molar-refractivity contribution in [2.24, 2.45) is 23.5 Å². The average Bonchev–Trinajstić information content (AvgIpc) is 2.82. The molecule has 0 saturated heterocycles. The number of H-pyrrole nitrogens is 1. The summed E-state index contributed by atoms with van der Waals surface area (Å²) in [4.78, 5) is 14.9. The number of hydrogen-bond donors (Lipinski definition) is 2. The highest BCUT2D eigenvalue weighted by atomic mass is 16.1. The molecule has 0 aliphatic heterocycles. The minimum Gasteiger partial charge on any atom is -0.369 e. The second-order valence-electron chi connectivity index (χ2n) is 6.32. The van der Waals surface area contributed by atoms with Crippen LogP contribution in [0.5, 0.6) is 0 Å². The number of nitrogens with two attached hydrogens (primary N) is 1. The first-order valence-electron chi connectivity index (χ1n) is 6.86. The quantitative estimate of drug-likeness (QED) is 0.849. The van der Waals surface area contributed by atoms with Crippen LogP contribution in [0.1, 0.15) is 45.6 Å². The molecular formula is C15H24N2O. The summed E-state index contributed by atoms with van der Waals surface area (Å²) in [5.41, 5.74) is 7.01. The first-order chi connectivity index (χ1) is 8.44. The number of primary amides is 1. The van der Waals surface area contributed by atoms with Gasteiger partial charge in [0.25, 0.3) is 0 Å². The summed E-state index contributed by atoms with van der Waals surface area (Å²) in [6.07, 6.45) is 7.11. The highest BCUT2D eigenvalue weighted by molar-refractivity contribution is 5.77. The zero-order valence-electron chi connectivity index (χ0n) is 11.6. The third-order valence-electron chi connectivity index (χ3n) is 4.73. The monoisotopic (exact) mass is 248 g/mol. The van der Waals surface area contributed by atoms with Crippen molar-refractivity contribution >= 4 is 5.91 Å². The number of aromatic amines is 1. The molecule has 2 rings (SSSR count). The lowest BCUT2D eigenvalue weighted by Gasteiger charge is -2.43. The lowest BCUT2D eigenvalue weighted by molar-refractivity contribution is -0.126. The Balaban J connectivity index is 2.23. The zero-order chi connectivity index (χ0) is 13.3. The maximum absolute atomic E-state index is 11.7. The SMILES string of the molecule is CC(C)C1CCC(C)(c2cc[nH]c2)CC1C(N)=O. The molecule has 1 aromatic heterocycles. The van der Waals surface area contributed by atoms with E-state index in [1.165, 1.54) is 5.56 Å². The molecule has 3 nitrogen and oxygen atoms in total. The first kappa shape index (κ1) is 13.2. The molecule has 3 unspecified atom stereocenters. The molecule has 1 saturated carbocycles. The second kappa shape index (κ2) is 4.79. The standard InChI is InChI=1S/C15H24N2O/c1-10(2)12-4-6-15(3,8-13(12)14(16)18)11-5-7-17-9-11/h5,7,9-10,12-13,17H,4,6,8H2,1-3H3,(H2,16,18). The van der Waals surface area contributed by atoms with Crippen LogP contribution >= 0.6 is 0 Å². The predicted octanol–water partition coefficient (Wildman–Crippen LogP) is 2.83. The first-order valence-corrected chi connectivity index (χ1v) is 6.86. The van der Waals surface area contributed by atoms with Crippen molar-refractivity contribution in [3.8, 4) is 0 Å². The van der Waals surface area contributed by atoms with Gasteiger partial charge in [0.1, 0.15) is 0 Å². The van der Waals surface area contributed by atoms with Crippen LogP contribution in [0.3, 0.4) is 0 Å². The van der Waals surface area contributed by atoms with Crippen LogP contribution in [0.25, 0.3) is 0 Å². The lowest BCUT2D eigenvalue weighted by atomic mass is 9.61. The van der Waals surface area contributed by atoms with Gasteiger partial charge in [0.2, 0.25) is 5.91 Å². The molecule has 0 radical (unpaired) electrons. The third-order valence-corrected chi connectivity index (χ3v) is 4.73. The smallest absolute Gasteiger partial charge is 0.220 e. The summed E-state index contributed by atoms with van der Waals surface area (Å²) in [6, 6.07) is 2.12. The fourth-order valence-electron chi connectivity index (χ4n) is 3.50. The summed E-state index contributed by atoms with van der Waals surface area (Å²) >= 11 is 0. The molecule has 3 atom stereocenters. The molecule has 3 N–H and O–H groups in total. The molecule has 100 valence electrons. The van der Waals surface area contributed by atoms with E-state index in [9.17, 15) is 4.79 Å². The Morgan fingerprint density at radius 1 is 1.56 bits per heavy atom. The maximum atomic E-state index is 11.7. The third kappa shape index (κ3) is 2.31. The number of amides is 1. The van der Waals surface area contributed by atoms with Gasteiger partial charge in [-0.1, -0.05) is 20.8 Å². The fourth-order valence-corrected chi connectivity index (χ4v) is 3.50. The van der Waals surface area contributed by atoms with Crippen molar-refractivity contribution in [1.82, 2.24) is 4.98 Å². The van der Waals surface area contributed by atoms with Crippen molar-refractivity contribution < 1.29 is 4.79 Å². The van der Waals surface area contributed by atoms with Crippen LogP contribution in [-0.4, -0.2) is 10.9 Å². The number of carbonyl (C=O) groups excluding carboxylic acids is 1. The van der Waals surface area contributed by atoms with E-state index < -0.39 is 0 Å². The second-order valence-corrected chi connectivity index (χ2v) is 6.32. The molecule has 0 aromatic carbocycles. The molecule has 1 heterocycles. The number of rotatable bonds is 3. The van der Waals surface area contributed by atoms with Crippen LogP contribution in [0, 0.1) is 17.8 Å². The summed E-state index contributed by atoms with van der Waals surface area (Å²) in [5.74, 6) is 0.849. The van der Waals surface area contributed by atoms with E-state index in [0.29, 0.717) is 11.8 Å². The highest BCUT2D eigenvalue weighted by Gasteiger charge is 2.42. The van der Waals surface area contributed by atoms with Gasteiger partial charge in [0, 0.05) is 18.3 Å². The topological polar surface area (TPSA) is 58.9 Å². The van der Waals surface area contributed by atoms with E-state index in [1.54, 1.807) is 0 Å². The Morgan fingerprint density at radius 3 is 2.78 bits per heavy atom.